The van der Waals surface area contributed by atoms with Gasteiger partial charge in [-0.05, 0) is 24.3 Å². The molecule has 5 nitrogen and oxygen atoms in total. The summed E-state index contributed by atoms with van der Waals surface area (Å²) >= 11 is 0. The molecule has 0 fully saturated rings. The first-order chi connectivity index (χ1) is 7.33. The predicted molar refractivity (Wildman–Crippen MR) is 50.7 cm³/mol. The lowest BCUT2D eigenvalue weighted by Crippen LogP contribution is -1.84. The summed E-state index contributed by atoms with van der Waals surface area (Å²) in [5.74, 6) is 1.27. The molecule has 0 bridgehead atoms. The Morgan fingerprint density at radius 3 is 2.60 bits per heavy atom. The smallest absolute Gasteiger partial charge is 0.258 e. The SMILES string of the molecule is COc1ccc(-c2nc(C[O])no2)cc1. The third-order valence-corrected chi connectivity index (χ3v) is 1.93. The minimum absolute atomic E-state index is 0.167. The molecule has 0 N–H and O–H groups in total. The third kappa shape index (κ3) is 1.97. The Labute approximate surface area is 86.3 Å². The van der Waals surface area contributed by atoms with Gasteiger partial charge in [-0.25, -0.2) is 5.11 Å². The lowest BCUT2D eigenvalue weighted by Gasteiger charge is -1.98. The number of rotatable bonds is 3. The van der Waals surface area contributed by atoms with E-state index in [4.69, 9.17) is 9.26 Å². The van der Waals surface area contributed by atoms with E-state index in [0.717, 1.165) is 11.3 Å². The number of nitrogens with zero attached hydrogens (tertiary/aromatic N) is 2. The zero-order valence-corrected chi connectivity index (χ0v) is 8.14. The molecule has 5 heteroatoms. The Morgan fingerprint density at radius 2 is 2.07 bits per heavy atom. The van der Waals surface area contributed by atoms with E-state index in [1.54, 1.807) is 31.4 Å². The Kier molecular flexibility index (Phi) is 2.64. The van der Waals surface area contributed by atoms with Crippen LogP contribution in [0.15, 0.2) is 28.8 Å². The van der Waals surface area contributed by atoms with E-state index in [2.05, 4.69) is 10.1 Å². The lowest BCUT2D eigenvalue weighted by atomic mass is 10.2. The predicted octanol–water partition coefficient (Wildman–Crippen LogP) is 1.68. The van der Waals surface area contributed by atoms with Crippen molar-refractivity contribution in [3.05, 3.63) is 30.1 Å². The zero-order valence-electron chi connectivity index (χ0n) is 8.14. The van der Waals surface area contributed by atoms with Gasteiger partial charge >= 0.3 is 0 Å². The molecule has 0 atom stereocenters. The summed E-state index contributed by atoms with van der Waals surface area (Å²) in [7, 11) is 1.59. The van der Waals surface area contributed by atoms with Gasteiger partial charge in [-0.2, -0.15) is 4.98 Å². The molecule has 0 spiro atoms. The van der Waals surface area contributed by atoms with Crippen molar-refractivity contribution in [3.63, 3.8) is 0 Å². The van der Waals surface area contributed by atoms with Crippen LogP contribution in [-0.2, 0) is 11.7 Å². The van der Waals surface area contributed by atoms with Gasteiger partial charge in [-0.15, -0.1) is 0 Å². The van der Waals surface area contributed by atoms with E-state index < -0.39 is 6.61 Å². The summed E-state index contributed by atoms with van der Waals surface area (Å²) in [4.78, 5) is 3.92. The van der Waals surface area contributed by atoms with Crippen molar-refractivity contribution in [1.29, 1.82) is 0 Å². The number of ether oxygens (including phenoxy) is 1. The van der Waals surface area contributed by atoms with Crippen molar-refractivity contribution in [2.24, 2.45) is 0 Å². The first-order valence-corrected chi connectivity index (χ1v) is 4.38. The molecule has 0 saturated carbocycles. The van der Waals surface area contributed by atoms with Crippen LogP contribution >= 0.6 is 0 Å². The Morgan fingerprint density at radius 1 is 1.33 bits per heavy atom. The fourth-order valence-corrected chi connectivity index (χ4v) is 1.16. The molecule has 0 aliphatic carbocycles. The Hall–Kier alpha value is -1.88. The van der Waals surface area contributed by atoms with E-state index in [-0.39, 0.29) is 5.82 Å². The number of methoxy groups -OCH3 is 1. The molecule has 1 aromatic carbocycles. The minimum Gasteiger partial charge on any atom is -0.497 e. The number of aromatic nitrogens is 2. The number of hydrogen-bond donors (Lipinski definition) is 0. The van der Waals surface area contributed by atoms with Gasteiger partial charge in [-0.3, -0.25) is 0 Å². The molecule has 2 rings (SSSR count). The maximum atomic E-state index is 10.5. The lowest BCUT2D eigenvalue weighted by molar-refractivity contribution is 0.166. The van der Waals surface area contributed by atoms with Crippen molar-refractivity contribution < 1.29 is 14.4 Å². The van der Waals surface area contributed by atoms with Crippen molar-refractivity contribution in [3.8, 4) is 17.2 Å². The maximum Gasteiger partial charge on any atom is 0.258 e. The molecule has 0 aliphatic heterocycles. The average molecular weight is 205 g/mol. The summed E-state index contributed by atoms with van der Waals surface area (Å²) in [5, 5.41) is 14.0. The molecule has 15 heavy (non-hydrogen) atoms. The highest BCUT2D eigenvalue weighted by molar-refractivity contribution is 5.54. The number of hydrogen-bond acceptors (Lipinski definition) is 4. The average Bonchev–Trinajstić information content (AvgIpc) is 2.78. The molecule has 0 unspecified atom stereocenters. The van der Waals surface area contributed by atoms with Crippen molar-refractivity contribution in [2.75, 3.05) is 7.11 Å². The molecule has 0 aliphatic rings. The van der Waals surface area contributed by atoms with E-state index in [1.807, 2.05) is 0 Å². The number of benzene rings is 1. The molecule has 1 aromatic heterocycles. The maximum absolute atomic E-state index is 10.5. The van der Waals surface area contributed by atoms with Crippen molar-refractivity contribution in [2.45, 2.75) is 6.61 Å². The van der Waals surface area contributed by atoms with Gasteiger partial charge in [0.05, 0.1) is 7.11 Å². The topological polar surface area (TPSA) is 68.0 Å². The van der Waals surface area contributed by atoms with Gasteiger partial charge in [-0.1, -0.05) is 5.16 Å². The molecule has 77 valence electrons. The van der Waals surface area contributed by atoms with Crippen LogP contribution < -0.4 is 4.74 Å². The van der Waals surface area contributed by atoms with E-state index >= 15 is 0 Å². The van der Waals surface area contributed by atoms with E-state index in [9.17, 15) is 5.11 Å². The highest BCUT2D eigenvalue weighted by Gasteiger charge is 2.07. The fraction of sp³-hybridized carbons (Fsp3) is 0.200. The van der Waals surface area contributed by atoms with Gasteiger partial charge in [0.1, 0.15) is 12.4 Å². The second kappa shape index (κ2) is 4.10. The van der Waals surface area contributed by atoms with Crippen LogP contribution in [0.5, 0.6) is 5.75 Å². The Bertz CT molecular complexity index is 436. The van der Waals surface area contributed by atoms with Crippen LogP contribution in [0.2, 0.25) is 0 Å². The van der Waals surface area contributed by atoms with E-state index in [0.29, 0.717) is 5.89 Å². The molecule has 1 heterocycles. The summed E-state index contributed by atoms with van der Waals surface area (Å²) < 4.78 is 9.93. The van der Waals surface area contributed by atoms with Crippen molar-refractivity contribution in [1.82, 2.24) is 10.1 Å². The second-order valence-corrected chi connectivity index (χ2v) is 2.89. The van der Waals surface area contributed by atoms with Crippen molar-refractivity contribution >= 4 is 0 Å². The quantitative estimate of drug-likeness (QED) is 0.764. The highest BCUT2D eigenvalue weighted by Crippen LogP contribution is 2.20. The second-order valence-electron chi connectivity index (χ2n) is 2.89. The van der Waals surface area contributed by atoms with Gasteiger partial charge in [0.2, 0.25) is 5.82 Å². The fourth-order valence-electron chi connectivity index (χ4n) is 1.16. The summed E-state index contributed by atoms with van der Waals surface area (Å²) in [6, 6.07) is 7.16. The summed E-state index contributed by atoms with van der Waals surface area (Å²) in [5.41, 5.74) is 0.767. The van der Waals surface area contributed by atoms with Crippen LogP contribution in [0.25, 0.3) is 11.5 Å². The molecular formula is C10H9N2O3. The molecule has 0 saturated heterocycles. The van der Waals surface area contributed by atoms with Gasteiger partial charge < -0.3 is 9.26 Å². The first-order valence-electron chi connectivity index (χ1n) is 4.38. The molecule has 1 radical (unpaired) electrons. The zero-order chi connectivity index (χ0) is 10.7. The highest BCUT2D eigenvalue weighted by atomic mass is 16.5. The molecule has 2 aromatic rings. The van der Waals surface area contributed by atoms with E-state index in [1.165, 1.54) is 0 Å². The molecule has 0 amide bonds. The summed E-state index contributed by atoms with van der Waals surface area (Å²) in [6.07, 6.45) is 0. The van der Waals surface area contributed by atoms with Gasteiger partial charge in [0.25, 0.3) is 5.89 Å². The minimum atomic E-state index is -0.473. The van der Waals surface area contributed by atoms with Crippen LogP contribution in [0.4, 0.5) is 0 Å². The first kappa shape index (κ1) is 9.67. The normalized spacial score (nSPS) is 10.3. The van der Waals surface area contributed by atoms with Crippen LogP contribution in [-0.4, -0.2) is 17.3 Å². The Balaban J connectivity index is 2.28. The van der Waals surface area contributed by atoms with Crippen LogP contribution in [0, 0.1) is 0 Å². The molecular weight excluding hydrogens is 196 g/mol. The van der Waals surface area contributed by atoms with Crippen LogP contribution in [0.3, 0.4) is 0 Å². The summed E-state index contributed by atoms with van der Waals surface area (Å²) in [6.45, 7) is -0.473. The van der Waals surface area contributed by atoms with Gasteiger partial charge in [0, 0.05) is 5.56 Å². The standard InChI is InChI=1S/C10H9N2O3/c1-14-8-4-2-7(3-5-8)10-11-9(6-13)12-15-10/h2-5H,6H2,1H3. The largest absolute Gasteiger partial charge is 0.497 e. The van der Waals surface area contributed by atoms with Gasteiger partial charge in [0.15, 0.2) is 0 Å². The monoisotopic (exact) mass is 205 g/mol. The third-order valence-electron chi connectivity index (χ3n) is 1.93. The van der Waals surface area contributed by atoms with Crippen LogP contribution in [0.1, 0.15) is 5.82 Å².